The Balaban J connectivity index is 2.66. The van der Waals surface area contributed by atoms with Gasteiger partial charge in [-0.3, -0.25) is 0 Å². The summed E-state index contributed by atoms with van der Waals surface area (Å²) >= 11 is 0. The third-order valence-corrected chi connectivity index (χ3v) is 2.03. The van der Waals surface area contributed by atoms with Crippen molar-refractivity contribution in [1.82, 2.24) is 0 Å². The van der Waals surface area contributed by atoms with Crippen molar-refractivity contribution in [3.05, 3.63) is 30.1 Å². The van der Waals surface area contributed by atoms with Crippen LogP contribution in [-0.4, -0.2) is 8.96 Å². The number of hydrogen-bond acceptors (Lipinski definition) is 1. The number of rotatable bonds is 2. The molecule has 3 heteroatoms. The van der Waals surface area contributed by atoms with Crippen LogP contribution < -0.4 is 4.98 Å². The van der Waals surface area contributed by atoms with Gasteiger partial charge in [-0.05, 0) is 24.3 Å². The molecule has 1 aromatic carbocycles. The molecule has 1 N–H and O–H groups in total. The normalized spacial score (nSPS) is 10.2. The molecule has 0 heterocycles. The molecule has 0 aliphatic carbocycles. The molecule has 1 radical (unpaired) electrons. The molecular formula is C8H11FNSi. The third-order valence-electron chi connectivity index (χ3n) is 1.24. The van der Waals surface area contributed by atoms with Crippen LogP contribution in [0.4, 0.5) is 10.1 Å². The zero-order valence-corrected chi connectivity index (χ0v) is 7.69. The van der Waals surface area contributed by atoms with Crippen LogP contribution in [-0.2, 0) is 0 Å². The molecule has 1 nitrogen and oxygen atoms in total. The highest BCUT2D eigenvalue weighted by Crippen LogP contribution is 2.08. The summed E-state index contributed by atoms with van der Waals surface area (Å²) in [5.41, 5.74) is 1.00. The maximum atomic E-state index is 12.4. The second kappa shape index (κ2) is 3.53. The largest absolute Gasteiger partial charge is 0.411 e. The Kier molecular flexibility index (Phi) is 2.65. The number of anilines is 1. The Morgan fingerprint density at radius 2 is 1.73 bits per heavy atom. The third kappa shape index (κ3) is 2.72. The van der Waals surface area contributed by atoms with E-state index in [9.17, 15) is 4.39 Å². The van der Waals surface area contributed by atoms with Crippen LogP contribution in [0.15, 0.2) is 24.3 Å². The molecule has 1 aromatic rings. The molecule has 0 saturated carbocycles. The lowest BCUT2D eigenvalue weighted by Crippen LogP contribution is -2.14. The van der Waals surface area contributed by atoms with Gasteiger partial charge in [-0.2, -0.15) is 0 Å². The average molecular weight is 168 g/mol. The van der Waals surface area contributed by atoms with Crippen molar-refractivity contribution in [2.45, 2.75) is 13.1 Å². The van der Waals surface area contributed by atoms with E-state index < -0.39 is 8.96 Å². The van der Waals surface area contributed by atoms with Crippen molar-refractivity contribution < 1.29 is 4.39 Å². The summed E-state index contributed by atoms with van der Waals surface area (Å²) in [5, 5.41) is 0. The standard InChI is InChI=1S/C8H11FNSi/c1-11(2)10-8-5-3-7(9)4-6-8/h3-6,10H,1-2H3. The minimum absolute atomic E-state index is 0.184. The van der Waals surface area contributed by atoms with E-state index in [-0.39, 0.29) is 5.82 Å². The van der Waals surface area contributed by atoms with Gasteiger partial charge in [0.15, 0.2) is 8.96 Å². The van der Waals surface area contributed by atoms with Crippen molar-refractivity contribution in [2.75, 3.05) is 4.98 Å². The molecule has 0 atom stereocenters. The Morgan fingerprint density at radius 3 is 2.18 bits per heavy atom. The van der Waals surface area contributed by atoms with Crippen LogP contribution in [0, 0.1) is 5.82 Å². The van der Waals surface area contributed by atoms with Gasteiger partial charge in [0.25, 0.3) is 0 Å². The van der Waals surface area contributed by atoms with Crippen LogP contribution in [0.5, 0.6) is 0 Å². The predicted octanol–water partition coefficient (Wildman–Crippen LogP) is 2.49. The van der Waals surface area contributed by atoms with Crippen molar-refractivity contribution >= 4 is 14.6 Å². The molecular weight excluding hydrogens is 157 g/mol. The lowest BCUT2D eigenvalue weighted by molar-refractivity contribution is 0.628. The van der Waals surface area contributed by atoms with E-state index in [1.165, 1.54) is 12.1 Å². The molecule has 59 valence electrons. The smallest absolute Gasteiger partial charge is 0.159 e. The molecule has 0 fully saturated rings. The summed E-state index contributed by atoms with van der Waals surface area (Å²) in [6.07, 6.45) is 0. The average Bonchev–Trinajstić information content (AvgIpc) is 1.93. The van der Waals surface area contributed by atoms with Crippen LogP contribution in [0.25, 0.3) is 0 Å². The zero-order valence-electron chi connectivity index (χ0n) is 6.69. The first-order chi connectivity index (χ1) is 5.18. The van der Waals surface area contributed by atoms with E-state index in [4.69, 9.17) is 0 Å². The molecule has 1 rings (SSSR count). The van der Waals surface area contributed by atoms with E-state index in [0.717, 1.165) is 5.69 Å². The molecule has 0 spiro atoms. The van der Waals surface area contributed by atoms with Gasteiger partial charge < -0.3 is 4.98 Å². The van der Waals surface area contributed by atoms with Crippen LogP contribution in [0.2, 0.25) is 13.1 Å². The van der Waals surface area contributed by atoms with Gasteiger partial charge in [-0.15, -0.1) is 0 Å². The lowest BCUT2D eigenvalue weighted by atomic mass is 10.3. The van der Waals surface area contributed by atoms with Gasteiger partial charge in [0.2, 0.25) is 0 Å². The predicted molar refractivity (Wildman–Crippen MR) is 47.5 cm³/mol. The van der Waals surface area contributed by atoms with Crippen molar-refractivity contribution in [3.8, 4) is 0 Å². The van der Waals surface area contributed by atoms with Crippen LogP contribution in [0.1, 0.15) is 0 Å². The molecule has 0 bridgehead atoms. The topological polar surface area (TPSA) is 12.0 Å². The number of nitrogens with one attached hydrogen (secondary N) is 1. The maximum Gasteiger partial charge on any atom is 0.159 e. The fraction of sp³-hybridized carbons (Fsp3) is 0.250. The second-order valence-electron chi connectivity index (χ2n) is 2.63. The highest BCUT2D eigenvalue weighted by Gasteiger charge is 1.96. The van der Waals surface area contributed by atoms with Gasteiger partial charge >= 0.3 is 0 Å². The fourth-order valence-electron chi connectivity index (χ4n) is 0.822. The molecule has 0 saturated heterocycles. The van der Waals surface area contributed by atoms with Gasteiger partial charge in [0, 0.05) is 5.69 Å². The van der Waals surface area contributed by atoms with E-state index in [2.05, 4.69) is 18.1 Å². The highest BCUT2D eigenvalue weighted by atomic mass is 28.3. The first kappa shape index (κ1) is 8.27. The molecule has 0 unspecified atom stereocenters. The highest BCUT2D eigenvalue weighted by molar-refractivity contribution is 6.59. The van der Waals surface area contributed by atoms with E-state index in [1.807, 2.05) is 0 Å². The summed E-state index contributed by atoms with van der Waals surface area (Å²) in [5.74, 6) is -0.184. The zero-order chi connectivity index (χ0) is 8.27. The summed E-state index contributed by atoms with van der Waals surface area (Å²) in [6, 6.07) is 6.44. The SMILES string of the molecule is C[Si](C)Nc1ccc(F)cc1. The minimum Gasteiger partial charge on any atom is -0.411 e. The van der Waals surface area contributed by atoms with Gasteiger partial charge in [-0.25, -0.2) is 4.39 Å². The van der Waals surface area contributed by atoms with Crippen LogP contribution >= 0.6 is 0 Å². The number of hydrogen-bond donors (Lipinski definition) is 1. The maximum absolute atomic E-state index is 12.4. The fourth-order valence-corrected chi connectivity index (χ4v) is 1.57. The molecule has 0 aliphatic rings. The lowest BCUT2D eigenvalue weighted by Gasteiger charge is -2.06. The molecule has 0 aromatic heterocycles. The minimum atomic E-state index is -0.472. The van der Waals surface area contributed by atoms with Crippen molar-refractivity contribution in [2.24, 2.45) is 0 Å². The van der Waals surface area contributed by atoms with Crippen molar-refractivity contribution in [1.29, 1.82) is 0 Å². The summed E-state index contributed by atoms with van der Waals surface area (Å²) in [4.78, 5) is 3.27. The Morgan fingerprint density at radius 1 is 1.18 bits per heavy atom. The molecule has 0 amide bonds. The van der Waals surface area contributed by atoms with Gasteiger partial charge in [0.1, 0.15) is 5.82 Å². The van der Waals surface area contributed by atoms with Crippen LogP contribution in [0.3, 0.4) is 0 Å². The first-order valence-electron chi connectivity index (χ1n) is 3.51. The number of benzene rings is 1. The molecule has 11 heavy (non-hydrogen) atoms. The summed E-state index contributed by atoms with van der Waals surface area (Å²) < 4.78 is 12.4. The van der Waals surface area contributed by atoms with Gasteiger partial charge in [-0.1, -0.05) is 13.1 Å². The second-order valence-corrected chi connectivity index (χ2v) is 4.88. The van der Waals surface area contributed by atoms with Gasteiger partial charge in [0.05, 0.1) is 0 Å². The summed E-state index contributed by atoms with van der Waals surface area (Å²) in [6.45, 7) is 4.29. The Bertz CT molecular complexity index is 220. The molecule has 0 aliphatic heterocycles. The monoisotopic (exact) mass is 168 g/mol. The van der Waals surface area contributed by atoms with E-state index >= 15 is 0 Å². The quantitative estimate of drug-likeness (QED) is 0.669. The first-order valence-corrected chi connectivity index (χ1v) is 6.01. The van der Waals surface area contributed by atoms with E-state index in [0.29, 0.717) is 0 Å². The van der Waals surface area contributed by atoms with E-state index in [1.54, 1.807) is 12.1 Å². The Labute approximate surface area is 67.9 Å². The Hall–Kier alpha value is -0.833. The number of halogens is 1. The summed E-state index contributed by atoms with van der Waals surface area (Å²) in [7, 11) is -0.472. The van der Waals surface area contributed by atoms with Crippen molar-refractivity contribution in [3.63, 3.8) is 0 Å².